The lowest BCUT2D eigenvalue weighted by atomic mass is 10.1. The van der Waals surface area contributed by atoms with Gasteiger partial charge in [0.15, 0.2) is 0 Å². The van der Waals surface area contributed by atoms with Crippen LogP contribution < -0.4 is 9.41 Å². The molecule has 1 heterocycles. The lowest BCUT2D eigenvalue weighted by Gasteiger charge is -2.02. The molecule has 24 heavy (non-hydrogen) atoms. The molecular formula is C19H17N3OS. The zero-order chi connectivity index (χ0) is 16.9. The predicted octanol–water partition coefficient (Wildman–Crippen LogP) is 4.29. The van der Waals surface area contributed by atoms with Crippen LogP contribution in [0.1, 0.15) is 5.69 Å². The van der Waals surface area contributed by atoms with E-state index < -0.39 is 0 Å². The van der Waals surface area contributed by atoms with E-state index in [4.69, 9.17) is 15.0 Å². The molecule has 5 heteroatoms. The van der Waals surface area contributed by atoms with Crippen LogP contribution in [0.15, 0.2) is 59.6 Å². The normalized spacial score (nSPS) is 11.3. The SMILES string of the molecule is COc1ccc(N=c2sn(CC#N)c(C)c2-c2ccccc2)cc1. The Hall–Kier alpha value is -2.84. The van der Waals surface area contributed by atoms with E-state index in [0.29, 0.717) is 6.54 Å². The monoisotopic (exact) mass is 335 g/mol. The molecule has 0 radical (unpaired) electrons. The minimum atomic E-state index is 0.328. The molecule has 4 nitrogen and oxygen atoms in total. The zero-order valence-corrected chi connectivity index (χ0v) is 14.4. The molecule has 0 N–H and O–H groups in total. The summed E-state index contributed by atoms with van der Waals surface area (Å²) in [7, 11) is 1.65. The summed E-state index contributed by atoms with van der Waals surface area (Å²) in [5, 5.41) is 9.05. The van der Waals surface area contributed by atoms with Gasteiger partial charge in [-0.25, -0.2) is 4.99 Å². The van der Waals surface area contributed by atoms with Gasteiger partial charge in [0.1, 0.15) is 17.0 Å². The molecule has 0 spiro atoms. The Morgan fingerprint density at radius 2 is 1.83 bits per heavy atom. The molecule has 0 fully saturated rings. The molecule has 2 aromatic carbocycles. The van der Waals surface area contributed by atoms with E-state index in [1.54, 1.807) is 7.11 Å². The molecular weight excluding hydrogens is 318 g/mol. The molecule has 0 aliphatic heterocycles. The Kier molecular flexibility index (Phi) is 4.78. The Bertz CT molecular complexity index is 931. The van der Waals surface area contributed by atoms with Gasteiger partial charge in [-0.2, -0.15) is 5.26 Å². The van der Waals surface area contributed by atoms with Crippen LogP contribution in [-0.4, -0.2) is 11.1 Å². The third-order valence-electron chi connectivity index (χ3n) is 3.73. The van der Waals surface area contributed by atoms with Crippen LogP contribution in [0.4, 0.5) is 5.69 Å². The highest BCUT2D eigenvalue weighted by molar-refractivity contribution is 7.04. The van der Waals surface area contributed by atoms with Crippen LogP contribution >= 0.6 is 11.5 Å². The Morgan fingerprint density at radius 3 is 2.46 bits per heavy atom. The summed E-state index contributed by atoms with van der Waals surface area (Å²) in [6, 6.07) is 20.0. The second kappa shape index (κ2) is 7.16. The molecule has 0 saturated heterocycles. The average molecular weight is 335 g/mol. The number of nitriles is 1. The largest absolute Gasteiger partial charge is 0.497 e. The minimum absolute atomic E-state index is 0.328. The van der Waals surface area contributed by atoms with Crippen molar-refractivity contribution in [3.05, 3.63) is 65.0 Å². The van der Waals surface area contributed by atoms with E-state index >= 15 is 0 Å². The number of hydrogen-bond donors (Lipinski definition) is 0. The molecule has 0 atom stereocenters. The Morgan fingerprint density at radius 1 is 1.12 bits per heavy atom. The lowest BCUT2D eigenvalue weighted by Crippen LogP contribution is -1.98. The van der Waals surface area contributed by atoms with Gasteiger partial charge in [-0.05, 0) is 48.3 Å². The molecule has 3 rings (SSSR count). The van der Waals surface area contributed by atoms with Crippen molar-refractivity contribution in [2.75, 3.05) is 7.11 Å². The van der Waals surface area contributed by atoms with Crippen molar-refractivity contribution in [3.63, 3.8) is 0 Å². The molecule has 0 aliphatic carbocycles. The van der Waals surface area contributed by atoms with Crippen molar-refractivity contribution in [1.29, 1.82) is 5.26 Å². The van der Waals surface area contributed by atoms with Crippen LogP contribution in [0, 0.1) is 18.3 Å². The topological polar surface area (TPSA) is 50.3 Å². The van der Waals surface area contributed by atoms with Crippen LogP contribution in [0.3, 0.4) is 0 Å². The smallest absolute Gasteiger partial charge is 0.143 e. The van der Waals surface area contributed by atoms with Gasteiger partial charge in [0.25, 0.3) is 0 Å². The van der Waals surface area contributed by atoms with E-state index in [0.717, 1.165) is 32.9 Å². The van der Waals surface area contributed by atoms with Crippen molar-refractivity contribution in [2.45, 2.75) is 13.5 Å². The minimum Gasteiger partial charge on any atom is -0.497 e. The fourth-order valence-corrected chi connectivity index (χ4v) is 3.56. The second-order valence-electron chi connectivity index (χ2n) is 5.23. The number of aromatic nitrogens is 1. The summed E-state index contributed by atoms with van der Waals surface area (Å²) in [6.45, 7) is 2.36. The number of benzene rings is 2. The summed E-state index contributed by atoms with van der Waals surface area (Å²) in [5.41, 5.74) is 4.10. The zero-order valence-electron chi connectivity index (χ0n) is 13.6. The van der Waals surface area contributed by atoms with Crippen molar-refractivity contribution in [2.24, 2.45) is 4.99 Å². The first-order chi connectivity index (χ1) is 11.7. The Balaban J connectivity index is 2.17. The summed E-state index contributed by atoms with van der Waals surface area (Å²) >= 11 is 1.51. The van der Waals surface area contributed by atoms with Gasteiger partial charge in [0.2, 0.25) is 0 Å². The molecule has 120 valence electrons. The summed E-state index contributed by atoms with van der Waals surface area (Å²) in [5.74, 6) is 0.805. The van der Waals surface area contributed by atoms with Gasteiger partial charge in [0, 0.05) is 11.3 Å². The maximum atomic E-state index is 9.05. The summed E-state index contributed by atoms with van der Waals surface area (Å²) in [6.07, 6.45) is 0. The van der Waals surface area contributed by atoms with Gasteiger partial charge in [-0.3, -0.25) is 3.96 Å². The third kappa shape index (κ3) is 3.24. The number of hydrogen-bond acceptors (Lipinski definition) is 4. The Labute approximate surface area is 145 Å². The first-order valence-electron chi connectivity index (χ1n) is 7.55. The van der Waals surface area contributed by atoms with Gasteiger partial charge in [-0.1, -0.05) is 30.3 Å². The van der Waals surface area contributed by atoms with Gasteiger partial charge in [0.05, 0.1) is 18.9 Å². The summed E-state index contributed by atoms with van der Waals surface area (Å²) in [4.78, 5) is 4.79. The fraction of sp³-hybridized carbons (Fsp3) is 0.158. The van der Waals surface area contributed by atoms with E-state index in [9.17, 15) is 0 Å². The average Bonchev–Trinajstić information content (AvgIpc) is 2.92. The van der Waals surface area contributed by atoms with Gasteiger partial charge >= 0.3 is 0 Å². The molecule has 0 unspecified atom stereocenters. The summed E-state index contributed by atoms with van der Waals surface area (Å²) < 4.78 is 8.07. The molecule has 1 aromatic heterocycles. The van der Waals surface area contributed by atoms with Gasteiger partial charge in [-0.15, -0.1) is 0 Å². The fourth-order valence-electron chi connectivity index (χ4n) is 2.50. The van der Waals surface area contributed by atoms with Crippen molar-refractivity contribution in [1.82, 2.24) is 3.96 Å². The highest BCUT2D eigenvalue weighted by Crippen LogP contribution is 2.24. The van der Waals surface area contributed by atoms with Crippen LogP contribution in [0.2, 0.25) is 0 Å². The van der Waals surface area contributed by atoms with Gasteiger partial charge < -0.3 is 4.74 Å². The predicted molar refractivity (Wildman–Crippen MR) is 96.3 cm³/mol. The quantitative estimate of drug-likeness (QED) is 0.714. The first kappa shape index (κ1) is 16.0. The third-order valence-corrected chi connectivity index (χ3v) is 4.82. The van der Waals surface area contributed by atoms with E-state index in [-0.39, 0.29) is 0 Å². The van der Waals surface area contributed by atoms with E-state index in [1.165, 1.54) is 11.5 Å². The van der Waals surface area contributed by atoms with Crippen LogP contribution in [-0.2, 0) is 6.54 Å². The molecule has 0 amide bonds. The maximum absolute atomic E-state index is 9.05. The standard InChI is InChI=1S/C19H17N3OS/c1-14-18(15-6-4-3-5-7-15)19(24-22(14)13-12-20)21-16-8-10-17(23-2)11-9-16/h3-11H,13H2,1-2H3. The number of nitrogens with zero attached hydrogens (tertiary/aromatic N) is 3. The number of methoxy groups -OCH3 is 1. The van der Waals surface area contributed by atoms with Crippen molar-refractivity contribution < 1.29 is 4.74 Å². The lowest BCUT2D eigenvalue weighted by molar-refractivity contribution is 0.415. The molecule has 3 aromatic rings. The van der Waals surface area contributed by atoms with Crippen LogP contribution in [0.25, 0.3) is 11.1 Å². The molecule has 0 bridgehead atoms. The van der Waals surface area contributed by atoms with Crippen molar-refractivity contribution >= 4 is 17.2 Å². The second-order valence-corrected chi connectivity index (χ2v) is 6.24. The number of rotatable bonds is 4. The highest BCUT2D eigenvalue weighted by atomic mass is 32.1. The highest BCUT2D eigenvalue weighted by Gasteiger charge is 2.12. The van der Waals surface area contributed by atoms with Crippen molar-refractivity contribution in [3.8, 4) is 22.9 Å². The maximum Gasteiger partial charge on any atom is 0.143 e. The first-order valence-corrected chi connectivity index (χ1v) is 8.32. The van der Waals surface area contributed by atoms with Crippen LogP contribution in [0.5, 0.6) is 5.75 Å². The molecule has 0 aliphatic rings. The number of ether oxygens (including phenoxy) is 1. The molecule has 0 saturated carbocycles. The van der Waals surface area contributed by atoms with E-state index in [1.807, 2.05) is 53.3 Å². The van der Waals surface area contributed by atoms with E-state index in [2.05, 4.69) is 18.2 Å².